The summed E-state index contributed by atoms with van der Waals surface area (Å²) < 4.78 is 47.9. The third kappa shape index (κ3) is 4.56. The van der Waals surface area contributed by atoms with Crippen molar-refractivity contribution in [2.24, 2.45) is 0 Å². The van der Waals surface area contributed by atoms with Crippen LogP contribution >= 0.6 is 0 Å². The molecule has 0 bridgehead atoms. The van der Waals surface area contributed by atoms with Crippen LogP contribution < -0.4 is 9.61 Å². The van der Waals surface area contributed by atoms with Gasteiger partial charge in [-0.15, -0.1) is 0 Å². The second-order valence-electron chi connectivity index (χ2n) is 7.95. The first kappa shape index (κ1) is 25.6. The molecule has 0 aliphatic carbocycles. The average Bonchev–Trinajstić information content (AvgIpc) is 2.79. The van der Waals surface area contributed by atoms with E-state index in [1.54, 1.807) is 0 Å². The zero-order chi connectivity index (χ0) is 26.5. The maximum absolute atomic E-state index is 12.9. The fourth-order valence-corrected chi connectivity index (χ4v) is 4.29. The van der Waals surface area contributed by atoms with Crippen LogP contribution in [0, 0.1) is 0 Å². The van der Waals surface area contributed by atoms with Crippen LogP contribution in [0.3, 0.4) is 0 Å². The Balaban J connectivity index is 2.06. The smallest absolute Gasteiger partial charge is 0.446 e. The predicted octanol–water partition coefficient (Wildman–Crippen LogP) is -0.727. The molecule has 2 aromatic carbocycles. The first-order chi connectivity index (χ1) is 16.8. The van der Waals surface area contributed by atoms with Crippen molar-refractivity contribution in [1.82, 2.24) is 0 Å². The number of hydrogen-bond acceptors (Lipinski definition) is 13. The zero-order valence-electron chi connectivity index (χ0n) is 17.9. The number of rotatable bonds is 5. The molecule has 36 heavy (non-hydrogen) atoms. The van der Waals surface area contributed by atoms with E-state index in [2.05, 4.69) is 4.18 Å². The van der Waals surface area contributed by atoms with Crippen LogP contribution in [0.5, 0.6) is 23.0 Å². The lowest BCUT2D eigenvalue weighted by molar-refractivity contribution is -0.231. The van der Waals surface area contributed by atoms with Crippen LogP contribution in [0.2, 0.25) is 0 Å². The molecule has 0 radical (unpaired) electrons. The lowest BCUT2D eigenvalue weighted by Crippen LogP contribution is -2.55. The van der Waals surface area contributed by atoms with Gasteiger partial charge < -0.3 is 49.1 Å². The van der Waals surface area contributed by atoms with Crippen molar-refractivity contribution in [3.63, 3.8) is 0 Å². The van der Waals surface area contributed by atoms with Crippen LogP contribution in [-0.2, 0) is 15.1 Å². The van der Waals surface area contributed by atoms with Gasteiger partial charge in [0.1, 0.15) is 47.4 Å². The molecule has 1 aliphatic heterocycles. The number of benzene rings is 2. The Labute approximate surface area is 201 Å². The van der Waals surface area contributed by atoms with Gasteiger partial charge in [0.25, 0.3) is 0 Å². The van der Waals surface area contributed by atoms with E-state index in [1.807, 2.05) is 0 Å². The van der Waals surface area contributed by atoms with Crippen molar-refractivity contribution < 1.29 is 62.1 Å². The molecule has 15 heteroatoms. The van der Waals surface area contributed by atoms with Gasteiger partial charge in [0.2, 0.25) is 0 Å². The van der Waals surface area contributed by atoms with Crippen molar-refractivity contribution >= 4 is 21.4 Å². The summed E-state index contributed by atoms with van der Waals surface area (Å²) in [5.41, 5.74) is -2.04. The summed E-state index contributed by atoms with van der Waals surface area (Å²) in [6.07, 6.45) is -9.04. The molecule has 1 saturated heterocycles. The van der Waals surface area contributed by atoms with E-state index >= 15 is 0 Å². The summed E-state index contributed by atoms with van der Waals surface area (Å²) in [5.74, 6) is -3.05. The highest BCUT2D eigenvalue weighted by molar-refractivity contribution is 7.81. The van der Waals surface area contributed by atoms with Gasteiger partial charge in [-0.25, -0.2) is 0 Å². The molecular formula is C21H20O14S. The molecule has 2 heterocycles. The second-order valence-corrected chi connectivity index (χ2v) is 8.97. The van der Waals surface area contributed by atoms with Crippen molar-refractivity contribution in [2.75, 3.05) is 6.61 Å². The molecule has 1 aliphatic rings. The van der Waals surface area contributed by atoms with Gasteiger partial charge in [-0.1, -0.05) is 0 Å². The molecule has 1 aromatic heterocycles. The number of aliphatic hydroxyl groups excluding tert-OH is 4. The molecule has 194 valence electrons. The van der Waals surface area contributed by atoms with Crippen molar-refractivity contribution in [2.45, 2.75) is 30.5 Å². The molecule has 4 rings (SSSR count). The Morgan fingerprint density at radius 3 is 2.22 bits per heavy atom. The van der Waals surface area contributed by atoms with Crippen LogP contribution in [0.4, 0.5) is 0 Å². The summed E-state index contributed by atoms with van der Waals surface area (Å²) in [7, 11) is -5.26. The lowest BCUT2D eigenvalue weighted by atomic mass is 9.89. The molecule has 14 nitrogen and oxygen atoms in total. The summed E-state index contributed by atoms with van der Waals surface area (Å²) in [6, 6.07) is 4.91. The fraction of sp³-hybridized carbons (Fsp3) is 0.286. The highest BCUT2D eigenvalue weighted by Crippen LogP contribution is 2.44. The Hall–Kier alpha value is -3.44. The van der Waals surface area contributed by atoms with Gasteiger partial charge in [-0.3, -0.25) is 9.35 Å². The van der Waals surface area contributed by atoms with Gasteiger partial charge in [-0.2, -0.15) is 8.42 Å². The van der Waals surface area contributed by atoms with Gasteiger partial charge in [-0.05, 0) is 18.2 Å². The molecule has 8 N–H and O–H groups in total. The van der Waals surface area contributed by atoms with Gasteiger partial charge in [0.15, 0.2) is 28.3 Å². The third-order valence-electron chi connectivity index (χ3n) is 5.61. The monoisotopic (exact) mass is 528 g/mol. The molecule has 0 spiro atoms. The van der Waals surface area contributed by atoms with E-state index in [4.69, 9.17) is 9.15 Å². The van der Waals surface area contributed by atoms with Crippen LogP contribution in [0.25, 0.3) is 22.3 Å². The minimum atomic E-state index is -5.26. The number of hydrogen-bond donors (Lipinski definition) is 8. The molecule has 5 atom stereocenters. The number of ether oxygens (including phenoxy) is 1. The normalized spacial score (nSPS) is 24.6. The average molecular weight is 528 g/mol. The molecular weight excluding hydrogens is 508 g/mol. The maximum atomic E-state index is 12.9. The summed E-state index contributed by atoms with van der Waals surface area (Å²) in [6.45, 7) is -0.853. The SMILES string of the molecule is O=c1cc(-c2ccc(O)c(O)c2)oc2c(C3OC(CO)C(O)C(O)C3O)c(OS(=O)(=O)O)cc(O)c12. The molecule has 5 unspecified atom stereocenters. The highest BCUT2D eigenvalue weighted by atomic mass is 32.3. The van der Waals surface area contributed by atoms with Gasteiger partial charge in [0.05, 0.1) is 12.2 Å². The van der Waals surface area contributed by atoms with E-state index in [9.17, 15) is 53.5 Å². The maximum Gasteiger partial charge on any atom is 0.446 e. The molecule has 3 aromatic rings. The summed E-state index contributed by atoms with van der Waals surface area (Å²) >= 11 is 0. The molecule has 0 saturated carbocycles. The van der Waals surface area contributed by atoms with Crippen LogP contribution in [-0.4, -0.2) is 79.7 Å². The van der Waals surface area contributed by atoms with Gasteiger partial charge >= 0.3 is 10.4 Å². The van der Waals surface area contributed by atoms with Crippen LogP contribution in [0.1, 0.15) is 11.7 Å². The Morgan fingerprint density at radius 1 is 0.917 bits per heavy atom. The van der Waals surface area contributed by atoms with E-state index in [-0.39, 0.29) is 11.3 Å². The van der Waals surface area contributed by atoms with Crippen molar-refractivity contribution in [3.05, 3.63) is 46.1 Å². The number of aromatic hydroxyl groups is 3. The second kappa shape index (κ2) is 9.21. The highest BCUT2D eigenvalue weighted by Gasteiger charge is 2.46. The zero-order valence-corrected chi connectivity index (χ0v) is 18.7. The van der Waals surface area contributed by atoms with E-state index in [0.29, 0.717) is 6.07 Å². The standard InChI is InChI=1S/C21H20O14S/c22-6-14-17(27)18(28)19(29)21(34-14)16-13(35-36(30,31)32)5-11(26)15-10(25)4-12(33-20(15)16)7-1-2-8(23)9(24)3-7/h1-5,14,17-19,21-24,26-29H,6H2,(H,30,31,32). The minimum Gasteiger partial charge on any atom is -0.507 e. The summed E-state index contributed by atoms with van der Waals surface area (Å²) in [4.78, 5) is 12.9. The molecule has 1 fully saturated rings. The van der Waals surface area contributed by atoms with E-state index in [0.717, 1.165) is 18.2 Å². The first-order valence-electron chi connectivity index (χ1n) is 10.2. The van der Waals surface area contributed by atoms with Gasteiger partial charge in [0, 0.05) is 17.7 Å². The quantitative estimate of drug-likeness (QED) is 0.150. The molecule has 0 amide bonds. The third-order valence-corrected chi connectivity index (χ3v) is 6.00. The van der Waals surface area contributed by atoms with E-state index in [1.165, 1.54) is 6.07 Å². The van der Waals surface area contributed by atoms with Crippen LogP contribution in [0.15, 0.2) is 39.5 Å². The predicted molar refractivity (Wildman–Crippen MR) is 118 cm³/mol. The number of phenols is 3. The van der Waals surface area contributed by atoms with Crippen molar-refractivity contribution in [3.8, 4) is 34.3 Å². The van der Waals surface area contributed by atoms with E-state index < -0.39 is 92.5 Å². The number of fused-ring (bicyclic) bond motifs is 1. The minimum absolute atomic E-state index is 0.0460. The topological polar surface area (TPSA) is 245 Å². The fourth-order valence-electron chi connectivity index (χ4n) is 3.92. The lowest BCUT2D eigenvalue weighted by Gasteiger charge is -2.40. The Bertz CT molecular complexity index is 1480. The number of phenolic OH excluding ortho intramolecular Hbond substituents is 3. The number of aliphatic hydroxyl groups is 4. The Morgan fingerprint density at radius 2 is 1.61 bits per heavy atom. The Kier molecular flexibility index (Phi) is 6.56. The first-order valence-corrected chi connectivity index (χ1v) is 11.5. The van der Waals surface area contributed by atoms with Crippen molar-refractivity contribution in [1.29, 1.82) is 0 Å². The largest absolute Gasteiger partial charge is 0.507 e. The summed E-state index contributed by atoms with van der Waals surface area (Å²) in [5, 5.41) is 69.7.